The second-order valence-electron chi connectivity index (χ2n) is 4.92. The minimum absolute atomic E-state index is 0.564. The third-order valence-corrected chi connectivity index (χ3v) is 3.54. The van der Waals surface area contributed by atoms with Crippen LogP contribution in [-0.2, 0) is 0 Å². The first-order chi connectivity index (χ1) is 8.79. The van der Waals surface area contributed by atoms with Crippen LogP contribution < -0.4 is 4.74 Å². The highest BCUT2D eigenvalue weighted by atomic mass is 79.9. The molecule has 2 rings (SSSR count). The zero-order chi connectivity index (χ0) is 12.8. The van der Waals surface area contributed by atoms with Crippen molar-refractivity contribution in [2.45, 2.75) is 57.8 Å². The lowest BCUT2D eigenvalue weighted by Gasteiger charge is -2.07. The smallest absolute Gasteiger partial charge is 0.217 e. The summed E-state index contributed by atoms with van der Waals surface area (Å²) in [4.78, 5) is 8.86. The number of ether oxygens (including phenoxy) is 1. The summed E-state index contributed by atoms with van der Waals surface area (Å²) in [6.45, 7) is 2.99. The van der Waals surface area contributed by atoms with Crippen molar-refractivity contribution in [2.75, 3.05) is 6.61 Å². The summed E-state index contributed by atoms with van der Waals surface area (Å²) in [7, 11) is 0. The molecule has 3 nitrogen and oxygen atoms in total. The minimum Gasteiger partial charge on any atom is -0.478 e. The lowest BCUT2D eigenvalue weighted by molar-refractivity contribution is 0.291. The van der Waals surface area contributed by atoms with Gasteiger partial charge in [0.25, 0.3) is 0 Å². The van der Waals surface area contributed by atoms with E-state index in [9.17, 15) is 0 Å². The van der Waals surface area contributed by atoms with Gasteiger partial charge in [0, 0.05) is 12.0 Å². The Morgan fingerprint density at radius 1 is 1.22 bits per heavy atom. The molecule has 0 saturated heterocycles. The highest BCUT2D eigenvalue weighted by Crippen LogP contribution is 2.39. The summed E-state index contributed by atoms with van der Waals surface area (Å²) in [6.07, 6.45) is 8.70. The Labute approximate surface area is 117 Å². The van der Waals surface area contributed by atoms with Crippen LogP contribution in [0.2, 0.25) is 0 Å². The van der Waals surface area contributed by atoms with Gasteiger partial charge in [-0.25, -0.2) is 4.98 Å². The van der Waals surface area contributed by atoms with Crippen molar-refractivity contribution in [3.8, 4) is 5.88 Å². The van der Waals surface area contributed by atoms with E-state index in [4.69, 9.17) is 4.74 Å². The van der Waals surface area contributed by atoms with Gasteiger partial charge in [-0.05, 0) is 35.2 Å². The molecule has 1 heterocycles. The van der Waals surface area contributed by atoms with E-state index < -0.39 is 0 Å². The molecule has 0 radical (unpaired) electrons. The fourth-order valence-corrected chi connectivity index (χ4v) is 2.27. The van der Waals surface area contributed by atoms with E-state index in [1.54, 1.807) is 0 Å². The van der Waals surface area contributed by atoms with E-state index in [1.807, 2.05) is 6.07 Å². The molecule has 0 atom stereocenters. The molecule has 1 aliphatic rings. The van der Waals surface area contributed by atoms with E-state index in [0.29, 0.717) is 11.8 Å². The first kappa shape index (κ1) is 13.8. The van der Waals surface area contributed by atoms with Gasteiger partial charge >= 0.3 is 0 Å². The Morgan fingerprint density at radius 2 is 2.00 bits per heavy atom. The molecule has 100 valence electrons. The lowest BCUT2D eigenvalue weighted by Crippen LogP contribution is -2.02. The second-order valence-corrected chi connectivity index (χ2v) is 5.74. The van der Waals surface area contributed by atoms with E-state index >= 15 is 0 Å². The Morgan fingerprint density at radius 3 is 2.72 bits per heavy atom. The summed E-state index contributed by atoms with van der Waals surface area (Å²) in [6, 6.07) is 1.86. The number of aromatic nitrogens is 2. The average Bonchev–Trinajstić information content (AvgIpc) is 3.17. The van der Waals surface area contributed by atoms with Crippen molar-refractivity contribution < 1.29 is 4.74 Å². The molecule has 0 bridgehead atoms. The highest BCUT2D eigenvalue weighted by molar-refractivity contribution is 9.10. The molecular weight excluding hydrogens is 292 g/mol. The SMILES string of the molecule is CCCCCCCOc1cc(Br)nc(C2CC2)n1. The molecule has 0 aromatic carbocycles. The van der Waals surface area contributed by atoms with Crippen LogP contribution in [0.4, 0.5) is 0 Å². The van der Waals surface area contributed by atoms with Gasteiger partial charge in [0.15, 0.2) is 0 Å². The van der Waals surface area contributed by atoms with E-state index in [0.717, 1.165) is 23.5 Å². The molecule has 0 amide bonds. The van der Waals surface area contributed by atoms with Crippen LogP contribution in [0.1, 0.15) is 63.6 Å². The third kappa shape index (κ3) is 4.56. The van der Waals surface area contributed by atoms with Crippen molar-refractivity contribution in [2.24, 2.45) is 0 Å². The Hall–Kier alpha value is -0.640. The first-order valence-corrected chi connectivity index (χ1v) is 7.76. The fourth-order valence-electron chi connectivity index (χ4n) is 1.89. The molecule has 1 aromatic heterocycles. The molecule has 0 unspecified atom stereocenters. The number of unbranched alkanes of at least 4 members (excludes halogenated alkanes) is 4. The van der Waals surface area contributed by atoms with Crippen LogP contribution in [0.15, 0.2) is 10.7 Å². The van der Waals surface area contributed by atoms with Crippen LogP contribution in [0, 0.1) is 0 Å². The number of hydrogen-bond acceptors (Lipinski definition) is 3. The van der Waals surface area contributed by atoms with Crippen LogP contribution in [-0.4, -0.2) is 16.6 Å². The normalized spacial score (nSPS) is 14.8. The molecule has 4 heteroatoms. The van der Waals surface area contributed by atoms with Gasteiger partial charge in [-0.15, -0.1) is 0 Å². The van der Waals surface area contributed by atoms with Gasteiger partial charge in [-0.2, -0.15) is 4.98 Å². The van der Waals surface area contributed by atoms with Crippen molar-refractivity contribution in [3.63, 3.8) is 0 Å². The number of rotatable bonds is 8. The zero-order valence-electron chi connectivity index (χ0n) is 11.0. The molecule has 0 aliphatic heterocycles. The molecule has 1 fully saturated rings. The molecular formula is C14H21BrN2O. The number of halogens is 1. The first-order valence-electron chi connectivity index (χ1n) is 6.97. The summed E-state index contributed by atoms with van der Waals surface area (Å²) in [5, 5.41) is 0. The van der Waals surface area contributed by atoms with Crippen LogP contribution >= 0.6 is 15.9 Å². The van der Waals surface area contributed by atoms with Crippen LogP contribution in [0.25, 0.3) is 0 Å². The molecule has 0 spiro atoms. The van der Waals surface area contributed by atoms with Crippen LogP contribution in [0.3, 0.4) is 0 Å². The van der Waals surface area contributed by atoms with E-state index in [2.05, 4.69) is 32.8 Å². The van der Waals surface area contributed by atoms with Gasteiger partial charge in [-0.3, -0.25) is 0 Å². The predicted molar refractivity (Wildman–Crippen MR) is 76.0 cm³/mol. The average molecular weight is 313 g/mol. The standard InChI is InChI=1S/C14H21BrN2O/c1-2-3-4-5-6-9-18-13-10-12(15)16-14(17-13)11-7-8-11/h10-11H,2-9H2,1H3. The van der Waals surface area contributed by atoms with Gasteiger partial charge in [-0.1, -0.05) is 32.6 Å². The quantitative estimate of drug-likeness (QED) is 0.525. The maximum Gasteiger partial charge on any atom is 0.217 e. The fraction of sp³-hybridized carbons (Fsp3) is 0.714. The van der Waals surface area contributed by atoms with Gasteiger partial charge < -0.3 is 4.74 Å². The van der Waals surface area contributed by atoms with Crippen molar-refractivity contribution in [1.82, 2.24) is 9.97 Å². The Bertz CT molecular complexity index is 380. The van der Waals surface area contributed by atoms with E-state index in [1.165, 1.54) is 38.5 Å². The van der Waals surface area contributed by atoms with Crippen molar-refractivity contribution in [3.05, 3.63) is 16.5 Å². The lowest BCUT2D eigenvalue weighted by atomic mass is 10.2. The molecule has 0 N–H and O–H groups in total. The second kappa shape index (κ2) is 7.07. The maximum absolute atomic E-state index is 5.70. The molecule has 1 aromatic rings. The van der Waals surface area contributed by atoms with Crippen molar-refractivity contribution in [1.29, 1.82) is 0 Å². The third-order valence-electron chi connectivity index (χ3n) is 3.13. The summed E-state index contributed by atoms with van der Waals surface area (Å²) in [5.74, 6) is 2.22. The van der Waals surface area contributed by atoms with Gasteiger partial charge in [0.1, 0.15) is 10.4 Å². The summed E-state index contributed by atoms with van der Waals surface area (Å²) in [5.41, 5.74) is 0. The molecule has 1 aliphatic carbocycles. The Balaban J connectivity index is 1.74. The maximum atomic E-state index is 5.70. The number of hydrogen-bond donors (Lipinski definition) is 0. The predicted octanol–water partition coefficient (Wildman–Crippen LogP) is 4.47. The van der Waals surface area contributed by atoms with Gasteiger partial charge in [0.2, 0.25) is 5.88 Å². The topological polar surface area (TPSA) is 35.0 Å². The van der Waals surface area contributed by atoms with Crippen molar-refractivity contribution >= 4 is 15.9 Å². The van der Waals surface area contributed by atoms with E-state index in [-0.39, 0.29) is 0 Å². The monoisotopic (exact) mass is 312 g/mol. The highest BCUT2D eigenvalue weighted by Gasteiger charge is 2.27. The minimum atomic E-state index is 0.564. The molecule has 18 heavy (non-hydrogen) atoms. The van der Waals surface area contributed by atoms with Gasteiger partial charge in [0.05, 0.1) is 6.61 Å². The number of nitrogens with zero attached hydrogens (tertiary/aromatic N) is 2. The summed E-state index contributed by atoms with van der Waals surface area (Å²) < 4.78 is 6.54. The van der Waals surface area contributed by atoms with Crippen LogP contribution in [0.5, 0.6) is 5.88 Å². The zero-order valence-corrected chi connectivity index (χ0v) is 12.6. The molecule has 1 saturated carbocycles. The summed E-state index contributed by atoms with van der Waals surface area (Å²) >= 11 is 3.42. The Kier molecular flexibility index (Phi) is 5.42. The largest absolute Gasteiger partial charge is 0.478 e.